The molecule has 0 aliphatic heterocycles. The molecule has 1 heteroatoms. The van der Waals surface area contributed by atoms with Crippen molar-refractivity contribution in [3.8, 4) is 0 Å². The molecule has 0 aliphatic carbocycles. The van der Waals surface area contributed by atoms with Crippen LogP contribution in [0.15, 0.2) is 23.3 Å². The Labute approximate surface area is 46.3 Å². The van der Waals surface area contributed by atoms with Gasteiger partial charge in [-0.05, 0) is 0 Å². The van der Waals surface area contributed by atoms with Crippen LogP contribution in [-0.2, 0) is 15.5 Å². The maximum atomic E-state index is 4.24. The zero-order chi connectivity index (χ0) is 4.83. The molecule has 0 nitrogen and oxygen atoms in total. The Morgan fingerprint density at radius 2 is 2.00 bits per heavy atom. The molecule has 0 rings (SSSR count). The molecule has 0 spiro atoms. The van der Waals surface area contributed by atoms with Crippen molar-refractivity contribution in [1.29, 1.82) is 0 Å². The van der Waals surface area contributed by atoms with Gasteiger partial charge >= 0.3 is 45.7 Å². The fourth-order valence-corrected chi connectivity index (χ4v) is 0.256. The van der Waals surface area contributed by atoms with Gasteiger partial charge < -0.3 is 0 Å². The molecule has 0 aromatic heterocycles. The minimum absolute atomic E-state index is 1.62. The van der Waals surface area contributed by atoms with Crippen LogP contribution in [0.1, 0.15) is 6.92 Å². The summed E-state index contributed by atoms with van der Waals surface area (Å²) in [4.78, 5) is 0. The number of allylic oxidation sites excluding steroid dienone is 3. The fraction of sp³-hybridized carbons (Fsp3) is 0.200. The first-order valence-electron chi connectivity index (χ1n) is 1.76. The Morgan fingerprint density at radius 3 is 2.17 bits per heavy atom. The first-order valence-corrected chi connectivity index (χ1v) is 2.33. The zero-order valence-electron chi connectivity index (χ0n) is 3.63. The molecule has 0 fully saturated rings. The van der Waals surface area contributed by atoms with Crippen molar-refractivity contribution in [2.24, 2.45) is 0 Å². The molecule has 6 heavy (non-hydrogen) atoms. The normalized spacial score (nSPS) is 11.8. The average Bonchev–Trinajstić information content (AvgIpc) is 1.61. The van der Waals surface area contributed by atoms with Gasteiger partial charge in [-0.15, -0.1) is 0 Å². The molecule has 37 valence electrons. The van der Waals surface area contributed by atoms with Crippen LogP contribution in [0.25, 0.3) is 0 Å². The quantitative estimate of drug-likeness (QED) is 0.369. The number of hydrogen-bond donors (Lipinski definition) is 0. The molecule has 0 aromatic rings. The van der Waals surface area contributed by atoms with Crippen LogP contribution in [-0.4, -0.2) is 0 Å². The van der Waals surface area contributed by atoms with E-state index in [2.05, 4.69) is 15.5 Å². The molecule has 0 radical (unpaired) electrons. The van der Waals surface area contributed by atoms with E-state index < -0.39 is 0 Å². The average molecular weight is 126 g/mol. The number of rotatable bonds is 1. The van der Waals surface area contributed by atoms with E-state index in [1.165, 1.54) is 0 Å². The third-order valence-corrected chi connectivity index (χ3v) is 0.554. The van der Waals surface area contributed by atoms with Crippen molar-refractivity contribution >= 4 is 0 Å². The van der Waals surface area contributed by atoms with Gasteiger partial charge in [-0.3, -0.25) is 0 Å². The molecule has 0 aliphatic rings. The van der Waals surface area contributed by atoms with Gasteiger partial charge in [0.05, 0.1) is 0 Å². The van der Waals surface area contributed by atoms with Gasteiger partial charge in [0.25, 0.3) is 0 Å². The van der Waals surface area contributed by atoms with E-state index in [1.807, 2.05) is 25.2 Å². The van der Waals surface area contributed by atoms with Crippen molar-refractivity contribution in [3.63, 3.8) is 0 Å². The predicted molar refractivity (Wildman–Crippen MR) is 24.0 cm³/mol. The SMILES string of the molecule is CC=CC=[CH][Ni]. The molecule has 0 saturated heterocycles. The van der Waals surface area contributed by atoms with Crippen molar-refractivity contribution in [3.05, 3.63) is 23.3 Å². The summed E-state index contributed by atoms with van der Waals surface area (Å²) < 4.78 is 0. The van der Waals surface area contributed by atoms with Crippen molar-refractivity contribution in [2.75, 3.05) is 0 Å². The van der Waals surface area contributed by atoms with Crippen LogP contribution in [0.4, 0.5) is 0 Å². The van der Waals surface area contributed by atoms with E-state index in [0.717, 1.165) is 0 Å². The second-order valence-corrected chi connectivity index (χ2v) is 1.15. The predicted octanol–water partition coefficient (Wildman–Crippen LogP) is 1.62. The van der Waals surface area contributed by atoms with Crippen molar-refractivity contribution in [1.82, 2.24) is 0 Å². The number of hydrogen-bond acceptors (Lipinski definition) is 0. The summed E-state index contributed by atoms with van der Waals surface area (Å²) in [5, 5.41) is 1.62. The van der Waals surface area contributed by atoms with Crippen LogP contribution in [0.3, 0.4) is 0 Å². The molecule has 0 bridgehead atoms. The molecule has 0 heterocycles. The van der Waals surface area contributed by atoms with Crippen molar-refractivity contribution < 1.29 is 15.5 Å². The van der Waals surface area contributed by atoms with E-state index in [1.54, 1.807) is 5.05 Å². The standard InChI is InChI=1S/C5H7.Ni/c1-3-5-4-2;/h1,3-5H,2H3;. The molecule has 0 aromatic carbocycles. The molecule has 0 amide bonds. The summed E-state index contributed by atoms with van der Waals surface area (Å²) in [6.45, 7) is 1.96. The van der Waals surface area contributed by atoms with E-state index in [0.29, 0.717) is 0 Å². The van der Waals surface area contributed by atoms with E-state index in [4.69, 9.17) is 0 Å². The van der Waals surface area contributed by atoms with Gasteiger partial charge in [-0.25, -0.2) is 0 Å². The maximum absolute atomic E-state index is 4.24. The van der Waals surface area contributed by atoms with Crippen LogP contribution in [0, 0.1) is 0 Å². The van der Waals surface area contributed by atoms with Gasteiger partial charge in [0, 0.05) is 0 Å². The summed E-state index contributed by atoms with van der Waals surface area (Å²) in [6, 6.07) is 0. The van der Waals surface area contributed by atoms with Gasteiger partial charge in [-0.1, -0.05) is 0 Å². The minimum atomic E-state index is 1.62. The Balaban J connectivity index is 3.07. The molecule has 0 unspecified atom stereocenters. The second kappa shape index (κ2) is 4.97. The van der Waals surface area contributed by atoms with Gasteiger partial charge in [0.15, 0.2) is 0 Å². The topological polar surface area (TPSA) is 0 Å². The van der Waals surface area contributed by atoms with E-state index >= 15 is 0 Å². The van der Waals surface area contributed by atoms with Crippen molar-refractivity contribution in [2.45, 2.75) is 6.92 Å². The van der Waals surface area contributed by atoms with Crippen LogP contribution >= 0.6 is 0 Å². The molecular weight excluding hydrogens is 119 g/mol. The van der Waals surface area contributed by atoms with E-state index in [9.17, 15) is 0 Å². The fourth-order valence-electron chi connectivity index (χ4n) is 0.146. The summed E-state index contributed by atoms with van der Waals surface area (Å²) in [5.74, 6) is 0. The molecule has 0 atom stereocenters. The zero-order valence-corrected chi connectivity index (χ0v) is 4.61. The first-order chi connectivity index (χ1) is 2.91. The first kappa shape index (κ1) is 5.97. The van der Waals surface area contributed by atoms with Gasteiger partial charge in [0.2, 0.25) is 0 Å². The monoisotopic (exact) mass is 125 g/mol. The summed E-state index contributed by atoms with van der Waals surface area (Å²) >= 11 is 4.24. The summed E-state index contributed by atoms with van der Waals surface area (Å²) in [5.41, 5.74) is 0. The van der Waals surface area contributed by atoms with Crippen LogP contribution in [0.5, 0.6) is 0 Å². The Hall–Kier alpha value is -0.0265. The molecule has 0 N–H and O–H groups in total. The summed E-state index contributed by atoms with van der Waals surface area (Å²) in [6.07, 6.45) is 5.68. The van der Waals surface area contributed by atoms with Crippen LogP contribution in [0.2, 0.25) is 0 Å². The third-order valence-electron chi connectivity index (χ3n) is 0.364. The Kier molecular flexibility index (Phi) is 4.95. The van der Waals surface area contributed by atoms with Gasteiger partial charge in [-0.2, -0.15) is 0 Å². The second-order valence-electron chi connectivity index (χ2n) is 0.824. The van der Waals surface area contributed by atoms with Crippen LogP contribution < -0.4 is 0 Å². The Bertz CT molecular complexity index is 52.3. The third kappa shape index (κ3) is 3.97. The summed E-state index contributed by atoms with van der Waals surface area (Å²) in [7, 11) is 0. The molecular formula is C5H7Ni. The Morgan fingerprint density at radius 1 is 1.33 bits per heavy atom. The van der Waals surface area contributed by atoms with E-state index in [-0.39, 0.29) is 0 Å². The molecule has 0 saturated carbocycles. The van der Waals surface area contributed by atoms with Gasteiger partial charge in [0.1, 0.15) is 0 Å².